The third-order valence-corrected chi connectivity index (χ3v) is 3.88. The molecule has 2 aliphatic heterocycles. The van der Waals surface area contributed by atoms with E-state index in [1.807, 2.05) is 6.92 Å². The van der Waals surface area contributed by atoms with Crippen molar-refractivity contribution in [1.82, 2.24) is 10.6 Å². The van der Waals surface area contributed by atoms with Gasteiger partial charge < -0.3 is 15.4 Å². The second-order valence-corrected chi connectivity index (χ2v) is 5.41. The van der Waals surface area contributed by atoms with Crippen molar-refractivity contribution in [2.75, 3.05) is 6.61 Å². The molecule has 5 heteroatoms. The minimum absolute atomic E-state index is 0. The molecule has 2 aliphatic rings. The van der Waals surface area contributed by atoms with Crippen LogP contribution >= 0.6 is 12.4 Å². The molecule has 0 radical (unpaired) electrons. The molecule has 3 atom stereocenters. The molecule has 2 rings (SSSR count). The number of halogens is 1. The highest BCUT2D eigenvalue weighted by molar-refractivity contribution is 5.85. The first-order valence-electron chi connectivity index (χ1n) is 6.98. The monoisotopic (exact) mass is 288 g/mol. The second kappa shape index (κ2) is 7.88. The largest absolute Gasteiger partial charge is 0.368 e. The molecule has 1 amide bonds. The van der Waals surface area contributed by atoms with E-state index in [-0.39, 0.29) is 24.4 Å². The van der Waals surface area contributed by atoms with Crippen molar-refractivity contribution >= 4 is 18.3 Å². The summed E-state index contributed by atoms with van der Waals surface area (Å²) >= 11 is 0. The van der Waals surface area contributed by atoms with Crippen molar-refractivity contribution in [3.8, 4) is 0 Å². The summed E-state index contributed by atoms with van der Waals surface area (Å²) < 4.78 is 5.46. The van der Waals surface area contributed by atoms with Crippen molar-refractivity contribution in [3.05, 3.63) is 12.7 Å². The molecule has 0 saturated carbocycles. The van der Waals surface area contributed by atoms with Gasteiger partial charge in [-0.25, -0.2) is 0 Å². The average molecular weight is 289 g/mol. The highest BCUT2D eigenvalue weighted by Gasteiger charge is 2.34. The number of piperidine rings is 1. The van der Waals surface area contributed by atoms with Crippen molar-refractivity contribution in [2.24, 2.45) is 0 Å². The van der Waals surface area contributed by atoms with E-state index in [2.05, 4.69) is 17.2 Å². The average Bonchev–Trinajstić information content (AvgIpc) is 2.69. The van der Waals surface area contributed by atoms with Crippen molar-refractivity contribution in [2.45, 2.75) is 63.3 Å². The molecule has 19 heavy (non-hydrogen) atoms. The van der Waals surface area contributed by atoms with E-state index in [1.165, 1.54) is 12.8 Å². The Hall–Kier alpha value is -0.580. The lowest BCUT2D eigenvalue weighted by Gasteiger charge is -2.30. The number of ether oxygens (including phenoxy) is 1. The lowest BCUT2D eigenvalue weighted by molar-refractivity contribution is -0.132. The van der Waals surface area contributed by atoms with E-state index < -0.39 is 0 Å². The second-order valence-electron chi connectivity index (χ2n) is 5.41. The minimum atomic E-state index is -0.363. The van der Waals surface area contributed by atoms with Gasteiger partial charge in [0.15, 0.2) is 0 Å². The predicted molar refractivity (Wildman–Crippen MR) is 78.6 cm³/mol. The maximum absolute atomic E-state index is 12.0. The van der Waals surface area contributed by atoms with Crippen LogP contribution in [0.3, 0.4) is 0 Å². The van der Waals surface area contributed by atoms with Crippen molar-refractivity contribution in [3.63, 3.8) is 0 Å². The summed E-state index contributed by atoms with van der Waals surface area (Å²) in [5, 5.41) is 6.69. The van der Waals surface area contributed by atoms with Crippen LogP contribution in [0, 0.1) is 0 Å². The molecule has 0 aromatic carbocycles. The summed E-state index contributed by atoms with van der Waals surface area (Å²) in [6.45, 7) is 6.01. The fourth-order valence-electron chi connectivity index (χ4n) is 2.90. The molecule has 2 saturated heterocycles. The molecule has 0 aromatic heterocycles. The summed E-state index contributed by atoms with van der Waals surface area (Å²) in [6.07, 6.45) is 6.84. The Kier molecular flexibility index (Phi) is 6.83. The van der Waals surface area contributed by atoms with E-state index in [0.717, 1.165) is 19.3 Å². The zero-order chi connectivity index (χ0) is 13.0. The highest BCUT2D eigenvalue weighted by atomic mass is 35.5. The normalized spacial score (nSPS) is 30.3. The van der Waals surface area contributed by atoms with E-state index in [4.69, 9.17) is 4.74 Å². The molecular formula is C14H25ClN2O2. The minimum Gasteiger partial charge on any atom is -0.368 e. The van der Waals surface area contributed by atoms with Gasteiger partial charge in [-0.2, -0.15) is 0 Å². The SMILES string of the molecule is C=CCCOC(C)C(=O)NC1CC2CCC(C1)N2.Cl. The third kappa shape index (κ3) is 4.79. The number of rotatable bonds is 6. The molecule has 0 aromatic rings. The molecular weight excluding hydrogens is 264 g/mol. The third-order valence-electron chi connectivity index (χ3n) is 3.88. The van der Waals surface area contributed by atoms with Gasteiger partial charge >= 0.3 is 0 Å². The molecule has 3 unspecified atom stereocenters. The van der Waals surface area contributed by atoms with Crippen LogP contribution in [0.15, 0.2) is 12.7 Å². The van der Waals surface area contributed by atoms with E-state index in [0.29, 0.717) is 24.7 Å². The topological polar surface area (TPSA) is 50.4 Å². The van der Waals surface area contributed by atoms with Gasteiger partial charge in [-0.3, -0.25) is 4.79 Å². The molecule has 2 heterocycles. The van der Waals surface area contributed by atoms with Crippen LogP contribution in [0.25, 0.3) is 0 Å². The van der Waals surface area contributed by atoms with Gasteiger partial charge in [0.2, 0.25) is 5.91 Å². The Labute approximate surface area is 121 Å². The van der Waals surface area contributed by atoms with Crippen LogP contribution < -0.4 is 10.6 Å². The molecule has 4 nitrogen and oxygen atoms in total. The Morgan fingerprint density at radius 1 is 1.47 bits per heavy atom. The summed E-state index contributed by atoms with van der Waals surface area (Å²) in [6, 6.07) is 1.53. The van der Waals surface area contributed by atoms with Gasteiger partial charge in [-0.1, -0.05) is 6.08 Å². The molecule has 2 N–H and O–H groups in total. The smallest absolute Gasteiger partial charge is 0.249 e. The summed E-state index contributed by atoms with van der Waals surface area (Å²) in [7, 11) is 0. The summed E-state index contributed by atoms with van der Waals surface area (Å²) in [5.41, 5.74) is 0. The number of carbonyl (C=O) groups excluding carboxylic acids is 1. The number of hydrogen-bond donors (Lipinski definition) is 2. The lowest BCUT2D eigenvalue weighted by Crippen LogP contribution is -2.50. The van der Waals surface area contributed by atoms with Crippen LogP contribution in [-0.4, -0.2) is 36.7 Å². The van der Waals surface area contributed by atoms with Gasteiger partial charge in [-0.05, 0) is 39.0 Å². The Balaban J connectivity index is 0.00000180. The zero-order valence-electron chi connectivity index (χ0n) is 11.6. The van der Waals surface area contributed by atoms with Crippen molar-refractivity contribution < 1.29 is 9.53 Å². The number of amides is 1. The maximum atomic E-state index is 12.0. The first-order valence-corrected chi connectivity index (χ1v) is 6.98. The quantitative estimate of drug-likeness (QED) is 0.579. The molecule has 2 bridgehead atoms. The van der Waals surface area contributed by atoms with Crippen LogP contribution in [0.5, 0.6) is 0 Å². The number of nitrogens with one attached hydrogen (secondary N) is 2. The molecule has 110 valence electrons. The fourth-order valence-corrected chi connectivity index (χ4v) is 2.90. The first-order chi connectivity index (χ1) is 8.69. The van der Waals surface area contributed by atoms with Gasteiger partial charge in [0.25, 0.3) is 0 Å². The van der Waals surface area contributed by atoms with E-state index >= 15 is 0 Å². The Morgan fingerprint density at radius 2 is 2.11 bits per heavy atom. The van der Waals surface area contributed by atoms with Crippen molar-refractivity contribution in [1.29, 1.82) is 0 Å². The van der Waals surface area contributed by atoms with Gasteiger partial charge in [0.1, 0.15) is 6.10 Å². The van der Waals surface area contributed by atoms with Gasteiger partial charge in [0.05, 0.1) is 6.61 Å². The zero-order valence-corrected chi connectivity index (χ0v) is 12.4. The first kappa shape index (κ1) is 16.5. The number of carbonyl (C=O) groups is 1. The summed E-state index contributed by atoms with van der Waals surface area (Å²) in [5.74, 6) is 0.0189. The van der Waals surface area contributed by atoms with Crippen LogP contribution in [-0.2, 0) is 9.53 Å². The molecule has 0 aliphatic carbocycles. The predicted octanol–water partition coefficient (Wildman–Crippen LogP) is 1.79. The van der Waals surface area contributed by atoms with Gasteiger partial charge in [0, 0.05) is 18.1 Å². The van der Waals surface area contributed by atoms with Crippen LogP contribution in [0.1, 0.15) is 39.0 Å². The molecule has 0 spiro atoms. The van der Waals surface area contributed by atoms with Crippen LogP contribution in [0.2, 0.25) is 0 Å². The highest BCUT2D eigenvalue weighted by Crippen LogP contribution is 2.26. The Bertz CT molecular complexity index is 300. The maximum Gasteiger partial charge on any atom is 0.249 e. The standard InChI is InChI=1S/C14H24N2O2.ClH/c1-3-4-7-18-10(2)14(17)16-13-8-11-5-6-12(9-13)15-11;/h3,10-13,15H,1,4-9H2,2H3,(H,16,17);1H. The van der Waals surface area contributed by atoms with E-state index in [1.54, 1.807) is 6.08 Å². The lowest BCUT2D eigenvalue weighted by atomic mass is 9.99. The molecule has 2 fully saturated rings. The van der Waals surface area contributed by atoms with Gasteiger partial charge in [-0.15, -0.1) is 19.0 Å². The fraction of sp³-hybridized carbons (Fsp3) is 0.786. The number of hydrogen-bond acceptors (Lipinski definition) is 3. The van der Waals surface area contributed by atoms with E-state index in [9.17, 15) is 4.79 Å². The number of fused-ring (bicyclic) bond motifs is 2. The summed E-state index contributed by atoms with van der Waals surface area (Å²) in [4.78, 5) is 12.0. The van der Waals surface area contributed by atoms with Crippen LogP contribution in [0.4, 0.5) is 0 Å². The Morgan fingerprint density at radius 3 is 2.68 bits per heavy atom.